The Morgan fingerprint density at radius 1 is 1.44 bits per heavy atom. The van der Waals surface area contributed by atoms with E-state index in [2.05, 4.69) is 0 Å². The predicted molar refractivity (Wildman–Crippen MR) is 67.1 cm³/mol. The molecule has 0 atom stereocenters. The second-order valence-corrected chi connectivity index (χ2v) is 5.12. The number of likely N-dealkylation sites (N-methyl/N-ethyl adjacent to an activating group) is 1. The van der Waals surface area contributed by atoms with Gasteiger partial charge >= 0.3 is 6.09 Å². The summed E-state index contributed by atoms with van der Waals surface area (Å²) in [6.45, 7) is 8.15. The number of carbonyl (C=O) groups excluding carboxylic acids is 2. The molecule has 1 aliphatic rings. The maximum atomic E-state index is 11.8. The van der Waals surface area contributed by atoms with Crippen molar-refractivity contribution in [3.63, 3.8) is 0 Å². The largest absolute Gasteiger partial charge is 0.490 e. The molecule has 1 heterocycles. The number of nitrogens with zero attached hydrogens (tertiary/aromatic N) is 1. The van der Waals surface area contributed by atoms with Crippen LogP contribution in [0.3, 0.4) is 0 Å². The van der Waals surface area contributed by atoms with Crippen molar-refractivity contribution in [1.82, 2.24) is 4.90 Å². The van der Waals surface area contributed by atoms with E-state index in [0.717, 1.165) is 6.42 Å². The molecule has 0 aromatic heterocycles. The summed E-state index contributed by atoms with van der Waals surface area (Å²) in [7, 11) is 0. The molecule has 0 radical (unpaired) electrons. The fraction of sp³-hybridized carbons (Fsp3) is 0.692. The van der Waals surface area contributed by atoms with E-state index < -0.39 is 11.7 Å². The molecular weight excluding hydrogens is 234 g/mol. The smallest absolute Gasteiger partial charge is 0.410 e. The lowest BCUT2D eigenvalue weighted by molar-refractivity contribution is -0.119. The van der Waals surface area contributed by atoms with Crippen molar-refractivity contribution in [3.05, 3.63) is 11.8 Å². The van der Waals surface area contributed by atoms with E-state index in [4.69, 9.17) is 9.47 Å². The van der Waals surface area contributed by atoms with Crippen LogP contribution in [-0.2, 0) is 14.3 Å². The van der Waals surface area contributed by atoms with Gasteiger partial charge in [0.25, 0.3) is 0 Å². The minimum Gasteiger partial charge on any atom is -0.490 e. The normalized spacial score (nSPS) is 14.8. The molecule has 1 aliphatic heterocycles. The van der Waals surface area contributed by atoms with Gasteiger partial charge in [-0.3, -0.25) is 4.79 Å². The lowest BCUT2D eigenvalue weighted by Crippen LogP contribution is -2.40. The van der Waals surface area contributed by atoms with Crippen LogP contribution in [0.15, 0.2) is 11.8 Å². The van der Waals surface area contributed by atoms with Gasteiger partial charge in [-0.1, -0.05) is 0 Å². The predicted octanol–water partition coefficient (Wildman–Crippen LogP) is 2.12. The third-order valence-electron chi connectivity index (χ3n) is 2.35. The van der Waals surface area contributed by atoms with Crippen molar-refractivity contribution >= 4 is 11.9 Å². The Balaban J connectivity index is 2.56. The fourth-order valence-corrected chi connectivity index (χ4v) is 1.50. The first-order chi connectivity index (χ1) is 8.33. The summed E-state index contributed by atoms with van der Waals surface area (Å²) in [6, 6.07) is 0. The van der Waals surface area contributed by atoms with Gasteiger partial charge in [-0.2, -0.15) is 0 Å². The van der Waals surface area contributed by atoms with Crippen LogP contribution in [0.4, 0.5) is 4.79 Å². The molecule has 18 heavy (non-hydrogen) atoms. The van der Waals surface area contributed by atoms with Crippen molar-refractivity contribution in [2.24, 2.45) is 0 Å². The van der Waals surface area contributed by atoms with Crippen LogP contribution in [0.25, 0.3) is 0 Å². The molecule has 5 heteroatoms. The summed E-state index contributed by atoms with van der Waals surface area (Å²) in [5.41, 5.74) is -0.559. The molecule has 0 bridgehead atoms. The molecule has 5 nitrogen and oxygen atoms in total. The minimum atomic E-state index is -0.559. The lowest BCUT2D eigenvalue weighted by atomic mass is 10.2. The van der Waals surface area contributed by atoms with Crippen molar-refractivity contribution in [1.29, 1.82) is 0 Å². The van der Waals surface area contributed by atoms with E-state index in [1.165, 1.54) is 4.90 Å². The first kappa shape index (κ1) is 14.5. The zero-order chi connectivity index (χ0) is 13.8. The van der Waals surface area contributed by atoms with Crippen molar-refractivity contribution in [2.75, 3.05) is 19.7 Å². The quantitative estimate of drug-likeness (QED) is 0.772. The summed E-state index contributed by atoms with van der Waals surface area (Å²) < 4.78 is 10.4. The number of ketones is 1. The number of hydrogen-bond acceptors (Lipinski definition) is 4. The Morgan fingerprint density at radius 3 is 2.56 bits per heavy atom. The van der Waals surface area contributed by atoms with Gasteiger partial charge < -0.3 is 14.4 Å². The lowest BCUT2D eigenvalue weighted by Gasteiger charge is -2.26. The molecular formula is C13H21NO4. The highest BCUT2D eigenvalue weighted by Gasteiger charge is 2.25. The summed E-state index contributed by atoms with van der Waals surface area (Å²) >= 11 is 0. The van der Waals surface area contributed by atoms with Gasteiger partial charge in [0, 0.05) is 13.0 Å². The molecule has 0 saturated heterocycles. The van der Waals surface area contributed by atoms with Crippen LogP contribution in [-0.4, -0.2) is 42.1 Å². The number of Topliss-reactive ketones (excluding diaryl/α,β-unsaturated/α-hetero) is 1. The molecule has 0 saturated carbocycles. The number of rotatable bonds is 4. The van der Waals surface area contributed by atoms with Gasteiger partial charge in [-0.25, -0.2) is 4.79 Å². The molecule has 0 fully saturated rings. The van der Waals surface area contributed by atoms with Crippen molar-refractivity contribution in [2.45, 2.75) is 39.7 Å². The average Bonchev–Trinajstić information content (AvgIpc) is 2.76. The number of carbonyl (C=O) groups is 2. The van der Waals surface area contributed by atoms with Crippen LogP contribution in [0.5, 0.6) is 0 Å². The highest BCUT2D eigenvalue weighted by atomic mass is 16.6. The third-order valence-corrected chi connectivity index (χ3v) is 2.35. The molecule has 1 rings (SSSR count). The fourth-order valence-electron chi connectivity index (χ4n) is 1.50. The molecule has 0 aromatic carbocycles. The first-order valence-electron chi connectivity index (χ1n) is 6.17. The second-order valence-electron chi connectivity index (χ2n) is 5.12. The highest BCUT2D eigenvalue weighted by Crippen LogP contribution is 2.13. The molecule has 0 N–H and O–H groups in total. The van der Waals surface area contributed by atoms with Gasteiger partial charge in [0.05, 0.1) is 13.2 Å². The van der Waals surface area contributed by atoms with Crippen LogP contribution in [0, 0.1) is 0 Å². The van der Waals surface area contributed by atoms with E-state index >= 15 is 0 Å². The van der Waals surface area contributed by atoms with Gasteiger partial charge in [-0.15, -0.1) is 0 Å². The van der Waals surface area contributed by atoms with Gasteiger partial charge in [0.1, 0.15) is 5.60 Å². The molecule has 0 aliphatic carbocycles. The SMILES string of the molecule is CCN(CC(=O)C1=CCCO1)C(=O)OC(C)(C)C. The van der Waals surface area contributed by atoms with Gasteiger partial charge in [0.2, 0.25) is 5.78 Å². The molecule has 0 unspecified atom stereocenters. The van der Waals surface area contributed by atoms with E-state index in [1.54, 1.807) is 33.8 Å². The van der Waals surface area contributed by atoms with E-state index in [9.17, 15) is 9.59 Å². The Bertz CT molecular complexity index is 354. The Labute approximate surface area is 108 Å². The Kier molecular flexibility index (Phi) is 4.76. The zero-order valence-electron chi connectivity index (χ0n) is 11.5. The third kappa shape index (κ3) is 4.39. The van der Waals surface area contributed by atoms with E-state index in [-0.39, 0.29) is 12.3 Å². The summed E-state index contributed by atoms with van der Waals surface area (Å²) in [5.74, 6) is 0.178. The first-order valence-corrected chi connectivity index (χ1v) is 6.17. The molecule has 102 valence electrons. The standard InChI is InChI=1S/C13H21NO4/c1-5-14(12(16)18-13(2,3)4)9-10(15)11-7-6-8-17-11/h7H,5-6,8-9H2,1-4H3. The van der Waals surface area contributed by atoms with E-state index in [1.807, 2.05) is 0 Å². The Hall–Kier alpha value is -1.52. The highest BCUT2D eigenvalue weighted by molar-refractivity contribution is 5.96. The van der Waals surface area contributed by atoms with Crippen LogP contribution < -0.4 is 0 Å². The van der Waals surface area contributed by atoms with E-state index in [0.29, 0.717) is 18.9 Å². The maximum absolute atomic E-state index is 11.8. The number of amides is 1. The summed E-state index contributed by atoms with van der Waals surface area (Å²) in [6.07, 6.45) is 2.03. The zero-order valence-corrected chi connectivity index (χ0v) is 11.5. The number of ether oxygens (including phenoxy) is 2. The van der Waals surface area contributed by atoms with Crippen LogP contribution >= 0.6 is 0 Å². The summed E-state index contributed by atoms with van der Waals surface area (Å²) in [5, 5.41) is 0. The van der Waals surface area contributed by atoms with Crippen LogP contribution in [0.1, 0.15) is 34.1 Å². The average molecular weight is 255 g/mol. The van der Waals surface area contributed by atoms with Gasteiger partial charge in [0.15, 0.2) is 5.76 Å². The second kappa shape index (κ2) is 5.89. The van der Waals surface area contributed by atoms with Crippen LogP contribution in [0.2, 0.25) is 0 Å². The summed E-state index contributed by atoms with van der Waals surface area (Å²) in [4.78, 5) is 25.0. The van der Waals surface area contributed by atoms with Crippen molar-refractivity contribution in [3.8, 4) is 0 Å². The topological polar surface area (TPSA) is 55.8 Å². The Morgan fingerprint density at radius 2 is 2.11 bits per heavy atom. The van der Waals surface area contributed by atoms with Crippen molar-refractivity contribution < 1.29 is 19.1 Å². The molecule has 0 aromatic rings. The maximum Gasteiger partial charge on any atom is 0.410 e. The number of hydrogen-bond donors (Lipinski definition) is 0. The monoisotopic (exact) mass is 255 g/mol. The molecule has 0 spiro atoms. The van der Waals surface area contributed by atoms with Gasteiger partial charge in [-0.05, 0) is 33.8 Å². The minimum absolute atomic E-state index is 0.00273. The molecule has 1 amide bonds.